The molecule has 0 spiro atoms. The van der Waals surface area contributed by atoms with E-state index in [9.17, 15) is 9.59 Å². The van der Waals surface area contributed by atoms with E-state index in [1.807, 2.05) is 85.8 Å². The van der Waals surface area contributed by atoms with Gasteiger partial charge in [0.05, 0.1) is 6.61 Å². The number of benzene rings is 3. The van der Waals surface area contributed by atoms with Crippen LogP contribution in [0.4, 0.5) is 10.5 Å². The Morgan fingerprint density at radius 2 is 1.53 bits per heavy atom. The molecule has 0 bridgehead atoms. The number of ether oxygens (including phenoxy) is 2. The lowest BCUT2D eigenvalue weighted by molar-refractivity contribution is -0.121. The Kier molecular flexibility index (Phi) is 7.65. The van der Waals surface area contributed by atoms with Gasteiger partial charge < -0.3 is 19.7 Å². The Hall–Kier alpha value is -4.00. The Labute approximate surface area is 199 Å². The largest absolute Gasteiger partial charge is 0.494 e. The normalized spacial score (nSPS) is 13.1. The summed E-state index contributed by atoms with van der Waals surface area (Å²) < 4.78 is 11.2. The van der Waals surface area contributed by atoms with E-state index in [1.165, 1.54) is 0 Å². The second kappa shape index (κ2) is 11.2. The van der Waals surface area contributed by atoms with Crippen LogP contribution in [0.2, 0.25) is 0 Å². The van der Waals surface area contributed by atoms with Crippen molar-refractivity contribution in [2.75, 3.05) is 31.1 Å². The van der Waals surface area contributed by atoms with Crippen LogP contribution in [-0.4, -0.2) is 43.1 Å². The number of carbonyl (C=O) groups is 2. The van der Waals surface area contributed by atoms with Gasteiger partial charge in [-0.3, -0.25) is 9.69 Å². The zero-order chi connectivity index (χ0) is 23.8. The van der Waals surface area contributed by atoms with Gasteiger partial charge in [0, 0.05) is 25.3 Å². The van der Waals surface area contributed by atoms with Crippen LogP contribution < -0.4 is 19.7 Å². The van der Waals surface area contributed by atoms with Gasteiger partial charge in [-0.15, -0.1) is 0 Å². The Bertz CT molecular complexity index is 1090. The van der Waals surface area contributed by atoms with E-state index in [-0.39, 0.29) is 18.5 Å². The molecule has 0 atom stereocenters. The fourth-order valence-electron chi connectivity index (χ4n) is 3.73. The maximum atomic E-state index is 12.8. The molecule has 0 aromatic heterocycles. The molecule has 4 rings (SSSR count). The van der Waals surface area contributed by atoms with Crippen molar-refractivity contribution < 1.29 is 19.1 Å². The van der Waals surface area contributed by atoms with E-state index in [1.54, 1.807) is 9.80 Å². The van der Waals surface area contributed by atoms with Crippen LogP contribution in [0.25, 0.3) is 0 Å². The standard InChI is InChI=1S/C27H29N3O4/c1-2-33-24-14-10-23(11-15-24)30-17-16-29(27(30)32)19-26(31)28-18-21-8-12-25(13-9-21)34-20-22-6-4-3-5-7-22/h3-15H,2,16-20H2,1H3,(H,28,31). The van der Waals surface area contributed by atoms with Crippen LogP contribution in [0.1, 0.15) is 18.1 Å². The van der Waals surface area contributed by atoms with Gasteiger partial charge in [-0.2, -0.15) is 0 Å². The third-order valence-corrected chi connectivity index (χ3v) is 5.55. The lowest BCUT2D eigenvalue weighted by Crippen LogP contribution is -2.39. The molecule has 1 heterocycles. The highest BCUT2D eigenvalue weighted by Gasteiger charge is 2.30. The van der Waals surface area contributed by atoms with Gasteiger partial charge in [-0.25, -0.2) is 4.79 Å². The predicted molar refractivity (Wildman–Crippen MR) is 131 cm³/mol. The number of urea groups is 1. The first-order valence-electron chi connectivity index (χ1n) is 11.4. The van der Waals surface area contributed by atoms with Crippen molar-refractivity contribution >= 4 is 17.6 Å². The van der Waals surface area contributed by atoms with Gasteiger partial charge in [0.1, 0.15) is 24.7 Å². The second-order valence-corrected chi connectivity index (χ2v) is 7.98. The van der Waals surface area contributed by atoms with Crippen LogP contribution in [-0.2, 0) is 17.9 Å². The zero-order valence-electron chi connectivity index (χ0n) is 19.3. The highest BCUT2D eigenvalue weighted by Crippen LogP contribution is 2.23. The molecule has 7 nitrogen and oxygen atoms in total. The molecule has 1 N–H and O–H groups in total. The lowest BCUT2D eigenvalue weighted by atomic mass is 10.2. The molecule has 1 saturated heterocycles. The van der Waals surface area contributed by atoms with Crippen LogP contribution in [0.15, 0.2) is 78.9 Å². The van der Waals surface area contributed by atoms with E-state index in [2.05, 4.69) is 5.32 Å². The number of nitrogens with one attached hydrogen (secondary N) is 1. The van der Waals surface area contributed by atoms with Crippen molar-refractivity contribution in [2.24, 2.45) is 0 Å². The smallest absolute Gasteiger partial charge is 0.325 e. The first-order chi connectivity index (χ1) is 16.6. The van der Waals surface area contributed by atoms with E-state index < -0.39 is 0 Å². The number of carbonyl (C=O) groups excluding carboxylic acids is 2. The Morgan fingerprint density at radius 1 is 0.853 bits per heavy atom. The number of hydrogen-bond donors (Lipinski definition) is 1. The van der Waals surface area contributed by atoms with Crippen molar-refractivity contribution in [3.05, 3.63) is 90.0 Å². The summed E-state index contributed by atoms with van der Waals surface area (Å²) in [6, 6.07) is 24.9. The number of rotatable bonds is 10. The average Bonchev–Trinajstić information content (AvgIpc) is 3.23. The van der Waals surface area contributed by atoms with Crippen LogP contribution in [0.5, 0.6) is 11.5 Å². The number of anilines is 1. The minimum atomic E-state index is -0.189. The molecule has 176 valence electrons. The topological polar surface area (TPSA) is 71.1 Å². The van der Waals surface area contributed by atoms with E-state index in [4.69, 9.17) is 9.47 Å². The Morgan fingerprint density at radius 3 is 2.24 bits per heavy atom. The van der Waals surface area contributed by atoms with Gasteiger partial charge in [-0.1, -0.05) is 42.5 Å². The lowest BCUT2D eigenvalue weighted by Gasteiger charge is -2.19. The molecule has 3 aromatic rings. The summed E-state index contributed by atoms with van der Waals surface area (Å²) >= 11 is 0. The maximum Gasteiger partial charge on any atom is 0.325 e. The third kappa shape index (κ3) is 6.07. The molecule has 0 aliphatic carbocycles. The fourth-order valence-corrected chi connectivity index (χ4v) is 3.73. The minimum absolute atomic E-state index is 0.0324. The molecular formula is C27H29N3O4. The van der Waals surface area contributed by atoms with Crippen molar-refractivity contribution in [3.8, 4) is 11.5 Å². The predicted octanol–water partition coefficient (Wildman–Crippen LogP) is 4.22. The van der Waals surface area contributed by atoms with Crippen molar-refractivity contribution in [2.45, 2.75) is 20.1 Å². The molecule has 3 aromatic carbocycles. The van der Waals surface area contributed by atoms with Crippen LogP contribution in [0, 0.1) is 0 Å². The number of hydrogen-bond acceptors (Lipinski definition) is 4. The minimum Gasteiger partial charge on any atom is -0.494 e. The molecule has 0 saturated carbocycles. The number of nitrogens with zero attached hydrogens (tertiary/aromatic N) is 2. The molecule has 3 amide bonds. The van der Waals surface area contributed by atoms with Gasteiger partial charge in [-0.05, 0) is 54.4 Å². The van der Waals surface area contributed by atoms with Crippen LogP contribution in [0.3, 0.4) is 0 Å². The summed E-state index contributed by atoms with van der Waals surface area (Å²) in [5, 5.41) is 2.89. The summed E-state index contributed by atoms with van der Waals surface area (Å²) in [6.45, 7) is 4.51. The first kappa shape index (κ1) is 23.2. The van der Waals surface area contributed by atoms with E-state index in [0.29, 0.717) is 32.8 Å². The molecule has 7 heteroatoms. The summed E-state index contributed by atoms with van der Waals surface area (Å²) in [5.74, 6) is 1.35. The summed E-state index contributed by atoms with van der Waals surface area (Å²) in [6.07, 6.45) is 0. The first-order valence-corrected chi connectivity index (χ1v) is 11.4. The molecule has 34 heavy (non-hydrogen) atoms. The molecule has 1 fully saturated rings. The van der Waals surface area contributed by atoms with Gasteiger partial charge in [0.25, 0.3) is 0 Å². The maximum absolute atomic E-state index is 12.8. The molecule has 1 aliphatic rings. The van der Waals surface area contributed by atoms with E-state index in [0.717, 1.165) is 28.3 Å². The van der Waals surface area contributed by atoms with Crippen molar-refractivity contribution in [1.82, 2.24) is 10.2 Å². The Balaban J connectivity index is 1.22. The monoisotopic (exact) mass is 459 g/mol. The second-order valence-electron chi connectivity index (χ2n) is 7.98. The summed E-state index contributed by atoms with van der Waals surface area (Å²) in [7, 11) is 0. The summed E-state index contributed by atoms with van der Waals surface area (Å²) in [5.41, 5.74) is 2.87. The molecule has 1 aliphatic heterocycles. The van der Waals surface area contributed by atoms with Gasteiger partial charge >= 0.3 is 6.03 Å². The zero-order valence-corrected chi connectivity index (χ0v) is 19.3. The average molecular weight is 460 g/mol. The fraction of sp³-hybridized carbons (Fsp3) is 0.259. The SMILES string of the molecule is CCOc1ccc(N2CCN(CC(=O)NCc3ccc(OCc4ccccc4)cc3)C2=O)cc1. The third-order valence-electron chi connectivity index (χ3n) is 5.55. The quantitative estimate of drug-likeness (QED) is 0.493. The van der Waals surface area contributed by atoms with Gasteiger partial charge in [0.2, 0.25) is 5.91 Å². The summed E-state index contributed by atoms with van der Waals surface area (Å²) in [4.78, 5) is 28.4. The molecule has 0 unspecified atom stereocenters. The molecular weight excluding hydrogens is 430 g/mol. The highest BCUT2D eigenvalue weighted by molar-refractivity contribution is 5.96. The van der Waals surface area contributed by atoms with Crippen LogP contribution >= 0.6 is 0 Å². The van der Waals surface area contributed by atoms with Crippen molar-refractivity contribution in [1.29, 1.82) is 0 Å². The molecule has 0 radical (unpaired) electrons. The number of amides is 3. The van der Waals surface area contributed by atoms with E-state index >= 15 is 0 Å². The highest BCUT2D eigenvalue weighted by atomic mass is 16.5. The van der Waals surface area contributed by atoms with Crippen molar-refractivity contribution in [3.63, 3.8) is 0 Å². The van der Waals surface area contributed by atoms with Gasteiger partial charge in [0.15, 0.2) is 0 Å².